The van der Waals surface area contributed by atoms with E-state index in [1.54, 1.807) is 12.1 Å². The van der Waals surface area contributed by atoms with Gasteiger partial charge in [-0.2, -0.15) is 8.78 Å². The molecule has 2 rings (SSSR count). The smallest absolute Gasteiger partial charge is 0.341 e. The lowest BCUT2D eigenvalue weighted by Gasteiger charge is -2.39. The normalized spacial score (nSPS) is 16.0. The highest BCUT2D eigenvalue weighted by atomic mass is 32.2. The maximum absolute atomic E-state index is 12.5. The van der Waals surface area contributed by atoms with Gasteiger partial charge in [-0.05, 0) is 56.5 Å². The van der Waals surface area contributed by atoms with E-state index in [4.69, 9.17) is 5.73 Å². The fourth-order valence-electron chi connectivity index (χ4n) is 2.41. The van der Waals surface area contributed by atoms with Crippen molar-refractivity contribution < 1.29 is 17.2 Å². The first-order chi connectivity index (χ1) is 9.96. The predicted molar refractivity (Wildman–Crippen MR) is 78.3 cm³/mol. The van der Waals surface area contributed by atoms with Gasteiger partial charge in [0.2, 0.25) is 9.84 Å². The molecule has 0 aliphatic heterocycles. The number of alkyl halides is 2. The van der Waals surface area contributed by atoms with Gasteiger partial charge in [-0.25, -0.2) is 8.42 Å². The van der Waals surface area contributed by atoms with Crippen LogP contribution < -0.4 is 10.6 Å². The maximum atomic E-state index is 12.5. The molecular formula is C14H20F2N2O2S. The molecule has 0 heterocycles. The standard InChI is InChI=1S/C14H20F2N2O2S/c15-14(16)21(19,20)13-7-5-12(6-8-13)18(10-2-9-17)11-3-1-4-11/h5-8,11,14H,1-4,9-10,17H2. The van der Waals surface area contributed by atoms with E-state index in [2.05, 4.69) is 4.90 Å². The Kier molecular flexibility index (Phi) is 5.16. The SMILES string of the molecule is NCCCN(c1ccc(S(=O)(=O)C(F)F)cc1)C1CCC1. The van der Waals surface area contributed by atoms with Gasteiger partial charge in [0, 0.05) is 18.3 Å². The molecule has 4 nitrogen and oxygen atoms in total. The molecule has 0 saturated heterocycles. The van der Waals surface area contributed by atoms with Gasteiger partial charge in [-0.15, -0.1) is 0 Å². The zero-order valence-corrected chi connectivity index (χ0v) is 12.5. The zero-order valence-electron chi connectivity index (χ0n) is 11.7. The first-order valence-corrected chi connectivity index (χ1v) is 8.60. The van der Waals surface area contributed by atoms with Crippen LogP contribution in [-0.2, 0) is 9.84 Å². The molecule has 0 unspecified atom stereocenters. The number of nitrogens with two attached hydrogens (primary N) is 1. The zero-order chi connectivity index (χ0) is 15.5. The molecule has 1 saturated carbocycles. The van der Waals surface area contributed by atoms with Crippen molar-refractivity contribution in [3.63, 3.8) is 0 Å². The van der Waals surface area contributed by atoms with E-state index >= 15 is 0 Å². The number of nitrogens with zero attached hydrogens (tertiary/aromatic N) is 1. The van der Waals surface area contributed by atoms with Crippen molar-refractivity contribution in [1.29, 1.82) is 0 Å². The highest BCUT2D eigenvalue weighted by Gasteiger charge is 2.28. The summed E-state index contributed by atoms with van der Waals surface area (Å²) in [4.78, 5) is 1.85. The van der Waals surface area contributed by atoms with Crippen molar-refractivity contribution in [2.45, 2.75) is 42.4 Å². The van der Waals surface area contributed by atoms with Crippen LogP contribution in [0.4, 0.5) is 14.5 Å². The maximum Gasteiger partial charge on any atom is 0.341 e. The van der Waals surface area contributed by atoms with Crippen molar-refractivity contribution in [2.24, 2.45) is 5.73 Å². The predicted octanol–water partition coefficient (Wildman–Crippen LogP) is 2.39. The molecule has 2 N–H and O–H groups in total. The summed E-state index contributed by atoms with van der Waals surface area (Å²) in [7, 11) is -4.52. The minimum atomic E-state index is -4.52. The van der Waals surface area contributed by atoms with Gasteiger partial charge in [0.15, 0.2) is 0 Å². The number of hydrogen-bond acceptors (Lipinski definition) is 4. The number of anilines is 1. The summed E-state index contributed by atoms with van der Waals surface area (Å²) < 4.78 is 47.8. The van der Waals surface area contributed by atoms with Crippen LogP contribution in [0.25, 0.3) is 0 Å². The monoisotopic (exact) mass is 318 g/mol. The molecule has 0 aromatic heterocycles. The summed E-state index contributed by atoms with van der Waals surface area (Å²) in [6.45, 7) is 1.38. The second kappa shape index (κ2) is 6.70. The van der Waals surface area contributed by atoms with Gasteiger partial charge in [-0.3, -0.25) is 0 Å². The average molecular weight is 318 g/mol. The summed E-state index contributed by atoms with van der Waals surface area (Å²) in [5.41, 5.74) is 6.40. The van der Waals surface area contributed by atoms with Gasteiger partial charge in [-0.1, -0.05) is 0 Å². The Balaban J connectivity index is 2.19. The molecule has 1 aliphatic rings. The number of sulfone groups is 1. The van der Waals surface area contributed by atoms with Crippen LogP contribution in [0, 0.1) is 0 Å². The number of benzene rings is 1. The lowest BCUT2D eigenvalue weighted by Crippen LogP contribution is -2.41. The number of halogens is 2. The summed E-state index contributed by atoms with van der Waals surface area (Å²) in [5.74, 6) is -3.39. The molecule has 118 valence electrons. The molecule has 0 bridgehead atoms. The summed E-state index contributed by atoms with van der Waals surface area (Å²) in [6, 6.07) is 6.15. The van der Waals surface area contributed by atoms with Crippen molar-refractivity contribution in [3.05, 3.63) is 24.3 Å². The van der Waals surface area contributed by atoms with Crippen molar-refractivity contribution >= 4 is 15.5 Å². The van der Waals surface area contributed by atoms with E-state index in [0.717, 1.165) is 31.5 Å². The highest BCUT2D eigenvalue weighted by molar-refractivity contribution is 7.91. The van der Waals surface area contributed by atoms with Crippen LogP contribution in [0.2, 0.25) is 0 Å². The molecule has 0 amide bonds. The number of hydrogen-bond donors (Lipinski definition) is 1. The molecule has 1 aromatic carbocycles. The Bertz CT molecular complexity index is 557. The highest BCUT2D eigenvalue weighted by Crippen LogP contribution is 2.30. The van der Waals surface area contributed by atoms with Gasteiger partial charge in [0.25, 0.3) is 0 Å². The van der Waals surface area contributed by atoms with Crippen LogP contribution in [0.3, 0.4) is 0 Å². The van der Waals surface area contributed by atoms with Gasteiger partial charge >= 0.3 is 5.76 Å². The molecule has 21 heavy (non-hydrogen) atoms. The minimum Gasteiger partial charge on any atom is -0.369 e. The lowest BCUT2D eigenvalue weighted by atomic mass is 9.91. The average Bonchev–Trinajstić information content (AvgIpc) is 2.41. The van der Waals surface area contributed by atoms with Crippen molar-refractivity contribution in [2.75, 3.05) is 18.0 Å². The summed E-state index contributed by atoms with van der Waals surface area (Å²) >= 11 is 0. The Morgan fingerprint density at radius 3 is 2.29 bits per heavy atom. The van der Waals surface area contributed by atoms with E-state index in [0.29, 0.717) is 12.6 Å². The molecule has 0 atom stereocenters. The van der Waals surface area contributed by atoms with Crippen LogP contribution >= 0.6 is 0 Å². The van der Waals surface area contributed by atoms with Crippen LogP contribution in [-0.4, -0.2) is 33.3 Å². The first-order valence-electron chi connectivity index (χ1n) is 7.05. The lowest BCUT2D eigenvalue weighted by molar-refractivity contribution is 0.234. The fraction of sp³-hybridized carbons (Fsp3) is 0.571. The Morgan fingerprint density at radius 2 is 1.86 bits per heavy atom. The summed E-state index contributed by atoms with van der Waals surface area (Å²) in [5, 5.41) is 0. The van der Waals surface area contributed by atoms with E-state index in [-0.39, 0.29) is 4.90 Å². The Labute approximate surface area is 123 Å². The van der Waals surface area contributed by atoms with Crippen LogP contribution in [0.1, 0.15) is 25.7 Å². The van der Waals surface area contributed by atoms with Gasteiger partial charge < -0.3 is 10.6 Å². The third kappa shape index (κ3) is 3.52. The third-order valence-corrected chi connectivity index (χ3v) is 5.25. The van der Waals surface area contributed by atoms with E-state index < -0.39 is 15.6 Å². The Morgan fingerprint density at radius 1 is 1.24 bits per heavy atom. The molecule has 1 aliphatic carbocycles. The molecule has 1 aromatic rings. The second-order valence-corrected chi connectivity index (χ2v) is 7.14. The van der Waals surface area contributed by atoms with Gasteiger partial charge in [0.1, 0.15) is 0 Å². The third-order valence-electron chi connectivity index (χ3n) is 3.85. The quantitative estimate of drug-likeness (QED) is 0.838. The van der Waals surface area contributed by atoms with E-state index in [1.807, 2.05) is 0 Å². The Hall–Kier alpha value is -1.21. The minimum absolute atomic E-state index is 0.339. The topological polar surface area (TPSA) is 63.4 Å². The van der Waals surface area contributed by atoms with Crippen molar-refractivity contribution in [3.8, 4) is 0 Å². The fourth-order valence-corrected chi connectivity index (χ4v) is 3.13. The molecule has 7 heteroatoms. The van der Waals surface area contributed by atoms with Crippen LogP contribution in [0.15, 0.2) is 29.2 Å². The largest absolute Gasteiger partial charge is 0.369 e. The van der Waals surface area contributed by atoms with Crippen LogP contribution in [0.5, 0.6) is 0 Å². The molecule has 0 radical (unpaired) electrons. The molecule has 0 spiro atoms. The van der Waals surface area contributed by atoms with E-state index in [9.17, 15) is 17.2 Å². The summed E-state index contributed by atoms with van der Waals surface area (Å²) in [6.07, 6.45) is 4.22. The van der Waals surface area contributed by atoms with Crippen molar-refractivity contribution in [1.82, 2.24) is 0 Å². The van der Waals surface area contributed by atoms with E-state index in [1.165, 1.54) is 18.6 Å². The number of rotatable bonds is 7. The first kappa shape index (κ1) is 16.2. The molecular weight excluding hydrogens is 298 g/mol. The molecule has 1 fully saturated rings. The second-order valence-electron chi connectivity index (χ2n) is 5.22. The van der Waals surface area contributed by atoms with Gasteiger partial charge in [0.05, 0.1) is 4.90 Å².